The summed E-state index contributed by atoms with van der Waals surface area (Å²) >= 11 is 4.83. The summed E-state index contributed by atoms with van der Waals surface area (Å²) in [7, 11) is 0. The van der Waals surface area contributed by atoms with Crippen LogP contribution in [0.15, 0.2) is 20.8 Å². The lowest BCUT2D eigenvalue weighted by Gasteiger charge is -2.06. The van der Waals surface area contributed by atoms with E-state index in [0.29, 0.717) is 0 Å². The second-order valence-corrected chi connectivity index (χ2v) is 5.51. The highest BCUT2D eigenvalue weighted by Crippen LogP contribution is 2.25. The zero-order valence-corrected chi connectivity index (χ0v) is 11.3. The van der Waals surface area contributed by atoms with Crippen LogP contribution in [-0.4, -0.2) is 12.1 Å². The van der Waals surface area contributed by atoms with Crippen molar-refractivity contribution in [3.05, 3.63) is 26.4 Å². The van der Waals surface area contributed by atoms with Crippen molar-refractivity contribution in [3.63, 3.8) is 0 Å². The zero-order valence-electron chi connectivity index (χ0n) is 8.86. The van der Waals surface area contributed by atoms with Crippen LogP contribution in [0.25, 0.3) is 6.08 Å². The van der Waals surface area contributed by atoms with Gasteiger partial charge in [0.1, 0.15) is 11.6 Å². The number of nitriles is 1. The molecule has 0 aliphatic carbocycles. The first-order chi connectivity index (χ1) is 7.54. The van der Waals surface area contributed by atoms with E-state index in [9.17, 15) is 4.79 Å². The fourth-order valence-electron chi connectivity index (χ4n) is 0.975. The average Bonchev–Trinajstić information content (AvgIpc) is 2.59. The van der Waals surface area contributed by atoms with Gasteiger partial charge in [-0.3, -0.25) is 0 Å². The van der Waals surface area contributed by atoms with Gasteiger partial charge in [-0.05, 0) is 47.3 Å². The molecule has 5 heteroatoms. The van der Waals surface area contributed by atoms with Gasteiger partial charge in [0.2, 0.25) is 0 Å². The molecule has 0 aromatic carbocycles. The topological polar surface area (TPSA) is 50.1 Å². The van der Waals surface area contributed by atoms with Gasteiger partial charge in [-0.15, -0.1) is 11.3 Å². The highest BCUT2D eigenvalue weighted by atomic mass is 79.9. The maximum Gasteiger partial charge on any atom is 0.349 e. The number of carbonyl (C=O) groups excluding carboxylic acids is 1. The van der Waals surface area contributed by atoms with Gasteiger partial charge in [-0.2, -0.15) is 5.26 Å². The predicted molar refractivity (Wildman–Crippen MR) is 66.8 cm³/mol. The standard InChI is InChI=1S/C11H10BrNO2S/c1-7(2)15-11(14)9(6-13)5-8-3-4-16-10(8)12/h3-5,7H,1-2H3. The third-order valence-corrected chi connectivity index (χ3v) is 3.36. The molecule has 3 nitrogen and oxygen atoms in total. The molecule has 0 bridgehead atoms. The molecule has 0 fully saturated rings. The minimum Gasteiger partial charge on any atom is -0.459 e. The van der Waals surface area contributed by atoms with E-state index in [0.717, 1.165) is 9.35 Å². The monoisotopic (exact) mass is 299 g/mol. The van der Waals surface area contributed by atoms with Crippen LogP contribution in [0.3, 0.4) is 0 Å². The number of esters is 1. The van der Waals surface area contributed by atoms with E-state index in [1.54, 1.807) is 13.8 Å². The molecule has 0 aliphatic heterocycles. The molecule has 1 aromatic rings. The molecule has 0 N–H and O–H groups in total. The lowest BCUT2D eigenvalue weighted by atomic mass is 10.2. The summed E-state index contributed by atoms with van der Waals surface area (Å²) in [5, 5.41) is 10.7. The predicted octanol–water partition coefficient (Wildman–Crippen LogP) is 3.37. The number of ether oxygens (including phenoxy) is 1. The number of thiophene rings is 1. The zero-order chi connectivity index (χ0) is 12.1. The van der Waals surface area contributed by atoms with E-state index in [-0.39, 0.29) is 11.7 Å². The molecular formula is C11H10BrNO2S. The number of hydrogen-bond acceptors (Lipinski definition) is 4. The van der Waals surface area contributed by atoms with Crippen molar-refractivity contribution in [3.8, 4) is 6.07 Å². The molecular weight excluding hydrogens is 290 g/mol. The van der Waals surface area contributed by atoms with Crippen molar-refractivity contribution < 1.29 is 9.53 Å². The Bertz CT molecular complexity index is 457. The van der Waals surface area contributed by atoms with Gasteiger partial charge in [0.25, 0.3) is 0 Å². The summed E-state index contributed by atoms with van der Waals surface area (Å²) in [5.74, 6) is -0.587. The molecule has 84 valence electrons. The van der Waals surface area contributed by atoms with Crippen molar-refractivity contribution in [2.45, 2.75) is 20.0 Å². The van der Waals surface area contributed by atoms with Crippen LogP contribution in [0.1, 0.15) is 19.4 Å². The number of hydrogen-bond donors (Lipinski definition) is 0. The van der Waals surface area contributed by atoms with Gasteiger partial charge in [-0.1, -0.05) is 0 Å². The number of halogens is 1. The first kappa shape index (κ1) is 12.9. The van der Waals surface area contributed by atoms with Crippen LogP contribution in [-0.2, 0) is 9.53 Å². The quantitative estimate of drug-likeness (QED) is 0.488. The van der Waals surface area contributed by atoms with Crippen molar-refractivity contribution in [2.24, 2.45) is 0 Å². The minimum atomic E-state index is -0.587. The highest BCUT2D eigenvalue weighted by Gasteiger charge is 2.13. The maximum absolute atomic E-state index is 11.5. The SMILES string of the molecule is CC(C)OC(=O)C(C#N)=Cc1ccsc1Br. The largest absolute Gasteiger partial charge is 0.459 e. The fraction of sp³-hybridized carbons (Fsp3) is 0.273. The average molecular weight is 300 g/mol. The minimum absolute atomic E-state index is 0.00722. The van der Waals surface area contributed by atoms with Crippen molar-refractivity contribution in [2.75, 3.05) is 0 Å². The van der Waals surface area contributed by atoms with E-state index in [1.165, 1.54) is 17.4 Å². The van der Waals surface area contributed by atoms with Gasteiger partial charge in [0.05, 0.1) is 9.89 Å². The Hall–Kier alpha value is -1.12. The van der Waals surface area contributed by atoms with Crippen LogP contribution < -0.4 is 0 Å². The Morgan fingerprint density at radius 3 is 2.81 bits per heavy atom. The van der Waals surface area contributed by atoms with Gasteiger partial charge in [0.15, 0.2) is 0 Å². The molecule has 0 radical (unpaired) electrons. The normalized spacial score (nSPS) is 11.3. The highest BCUT2D eigenvalue weighted by molar-refractivity contribution is 9.11. The second kappa shape index (κ2) is 5.83. The number of carbonyl (C=O) groups is 1. The molecule has 1 heterocycles. The smallest absolute Gasteiger partial charge is 0.349 e. The summed E-state index contributed by atoms with van der Waals surface area (Å²) in [5.41, 5.74) is 0.815. The van der Waals surface area contributed by atoms with Crippen LogP contribution in [0.5, 0.6) is 0 Å². The van der Waals surface area contributed by atoms with E-state index >= 15 is 0 Å². The summed E-state index contributed by atoms with van der Waals surface area (Å²) in [6, 6.07) is 3.67. The van der Waals surface area contributed by atoms with Crippen LogP contribution in [0.4, 0.5) is 0 Å². The van der Waals surface area contributed by atoms with Crippen molar-refractivity contribution >= 4 is 39.3 Å². The Labute approximate surface area is 106 Å². The Morgan fingerprint density at radius 1 is 1.69 bits per heavy atom. The fourth-order valence-corrected chi connectivity index (χ4v) is 2.14. The van der Waals surface area contributed by atoms with Gasteiger partial charge >= 0.3 is 5.97 Å². The summed E-state index contributed by atoms with van der Waals surface area (Å²) in [6.07, 6.45) is 1.29. The molecule has 1 rings (SSSR count). The number of nitrogens with zero attached hydrogens (tertiary/aromatic N) is 1. The molecule has 0 spiro atoms. The summed E-state index contributed by atoms with van der Waals surface area (Å²) in [6.45, 7) is 3.49. The molecule has 1 aromatic heterocycles. The molecule has 16 heavy (non-hydrogen) atoms. The van der Waals surface area contributed by atoms with Crippen LogP contribution >= 0.6 is 27.3 Å². The first-order valence-electron chi connectivity index (χ1n) is 4.60. The Kier molecular flexibility index (Phi) is 4.71. The first-order valence-corrected chi connectivity index (χ1v) is 6.27. The third kappa shape index (κ3) is 3.47. The third-order valence-electron chi connectivity index (χ3n) is 1.63. The van der Waals surface area contributed by atoms with Crippen LogP contribution in [0.2, 0.25) is 0 Å². The molecule has 0 amide bonds. The van der Waals surface area contributed by atoms with E-state index in [1.807, 2.05) is 17.5 Å². The molecule has 0 aliphatic rings. The van der Waals surface area contributed by atoms with Crippen LogP contribution in [0, 0.1) is 11.3 Å². The Balaban J connectivity index is 2.92. The van der Waals surface area contributed by atoms with Gasteiger partial charge in [-0.25, -0.2) is 4.79 Å². The molecule has 0 saturated carbocycles. The lowest BCUT2D eigenvalue weighted by Crippen LogP contribution is -2.12. The van der Waals surface area contributed by atoms with Crippen molar-refractivity contribution in [1.29, 1.82) is 5.26 Å². The molecule has 0 atom stereocenters. The molecule has 0 unspecified atom stereocenters. The summed E-state index contributed by atoms with van der Waals surface area (Å²) < 4.78 is 5.84. The maximum atomic E-state index is 11.5. The van der Waals surface area contributed by atoms with Gasteiger partial charge in [0, 0.05) is 5.56 Å². The van der Waals surface area contributed by atoms with E-state index in [4.69, 9.17) is 10.00 Å². The number of rotatable bonds is 3. The van der Waals surface area contributed by atoms with E-state index in [2.05, 4.69) is 15.9 Å². The summed E-state index contributed by atoms with van der Waals surface area (Å²) in [4.78, 5) is 11.5. The molecule has 0 saturated heterocycles. The lowest BCUT2D eigenvalue weighted by molar-refractivity contribution is -0.142. The second-order valence-electron chi connectivity index (χ2n) is 3.27. The Morgan fingerprint density at radius 2 is 2.38 bits per heavy atom. The van der Waals surface area contributed by atoms with Crippen molar-refractivity contribution in [1.82, 2.24) is 0 Å². The van der Waals surface area contributed by atoms with E-state index < -0.39 is 5.97 Å². The van der Waals surface area contributed by atoms with Gasteiger partial charge < -0.3 is 4.74 Å².